The Morgan fingerprint density at radius 2 is 1.88 bits per heavy atom. The number of carbonyl (C=O) groups excluding carboxylic acids is 1. The highest BCUT2D eigenvalue weighted by atomic mass is 19.1. The molecule has 2 rings (SSSR count). The van der Waals surface area contributed by atoms with Crippen molar-refractivity contribution >= 4 is 12.1 Å². The third-order valence-electron chi connectivity index (χ3n) is 3.78. The molecule has 25 heavy (non-hydrogen) atoms. The molecule has 2 aromatic carbocycles. The van der Waals surface area contributed by atoms with Crippen LogP contribution < -0.4 is 5.32 Å². The number of aliphatic carboxylic acids is 1. The summed E-state index contributed by atoms with van der Waals surface area (Å²) >= 11 is 0. The van der Waals surface area contributed by atoms with E-state index < -0.39 is 18.1 Å². The second-order valence-corrected chi connectivity index (χ2v) is 5.57. The lowest BCUT2D eigenvalue weighted by molar-refractivity contribution is -0.139. The zero-order valence-electron chi connectivity index (χ0n) is 13.9. The number of rotatable bonds is 7. The minimum Gasteiger partial charge on any atom is -0.480 e. The van der Waals surface area contributed by atoms with Crippen molar-refractivity contribution in [3.63, 3.8) is 0 Å². The molecular weight excluding hydrogens is 325 g/mol. The van der Waals surface area contributed by atoms with Crippen LogP contribution in [-0.4, -0.2) is 23.2 Å². The van der Waals surface area contributed by atoms with Crippen molar-refractivity contribution in [1.29, 1.82) is 0 Å². The van der Waals surface area contributed by atoms with E-state index in [1.165, 1.54) is 12.1 Å². The van der Waals surface area contributed by atoms with E-state index in [0.29, 0.717) is 17.5 Å². The molecular formula is C19H20FNO4. The summed E-state index contributed by atoms with van der Waals surface area (Å²) in [5.41, 5.74) is 2.20. The fourth-order valence-electron chi connectivity index (χ4n) is 2.45. The number of aryl methyl sites for hydroxylation is 1. The number of halogens is 1. The molecule has 0 aliphatic rings. The maximum Gasteiger partial charge on any atom is 0.408 e. The highest BCUT2D eigenvalue weighted by Crippen LogP contribution is 2.15. The van der Waals surface area contributed by atoms with Gasteiger partial charge < -0.3 is 15.2 Å². The molecule has 0 bridgehead atoms. The van der Waals surface area contributed by atoms with Crippen molar-refractivity contribution in [1.82, 2.24) is 5.32 Å². The van der Waals surface area contributed by atoms with Crippen molar-refractivity contribution in [3.05, 3.63) is 71.0 Å². The van der Waals surface area contributed by atoms with Gasteiger partial charge in [-0.2, -0.15) is 0 Å². The first-order chi connectivity index (χ1) is 12.0. The van der Waals surface area contributed by atoms with E-state index in [2.05, 4.69) is 5.32 Å². The van der Waals surface area contributed by atoms with E-state index in [1.54, 1.807) is 18.2 Å². The average Bonchev–Trinajstić information content (AvgIpc) is 2.61. The summed E-state index contributed by atoms with van der Waals surface area (Å²) in [6, 6.07) is 12.1. The first-order valence-corrected chi connectivity index (χ1v) is 7.97. The molecule has 0 heterocycles. The first-order valence-electron chi connectivity index (χ1n) is 7.97. The molecule has 5 nitrogen and oxygen atoms in total. The number of benzene rings is 2. The van der Waals surface area contributed by atoms with Crippen molar-refractivity contribution in [3.8, 4) is 0 Å². The highest BCUT2D eigenvalue weighted by molar-refractivity contribution is 5.80. The summed E-state index contributed by atoms with van der Waals surface area (Å²) in [5.74, 6) is -1.55. The second-order valence-electron chi connectivity index (χ2n) is 5.57. The molecule has 1 amide bonds. The van der Waals surface area contributed by atoms with Crippen LogP contribution in [0.2, 0.25) is 0 Å². The van der Waals surface area contributed by atoms with Gasteiger partial charge in [0.05, 0.1) is 0 Å². The fraction of sp³-hybridized carbons (Fsp3) is 0.263. The van der Waals surface area contributed by atoms with E-state index in [1.807, 2.05) is 25.1 Å². The molecule has 1 unspecified atom stereocenters. The maximum absolute atomic E-state index is 13.3. The number of ether oxygens (including phenoxy) is 1. The quantitative estimate of drug-likeness (QED) is 0.807. The van der Waals surface area contributed by atoms with Crippen LogP contribution in [0.4, 0.5) is 9.18 Å². The largest absolute Gasteiger partial charge is 0.480 e. The minimum absolute atomic E-state index is 0.0514. The van der Waals surface area contributed by atoms with Gasteiger partial charge in [-0.15, -0.1) is 0 Å². The second kappa shape index (κ2) is 8.82. The predicted molar refractivity (Wildman–Crippen MR) is 90.7 cm³/mol. The normalized spacial score (nSPS) is 11.6. The van der Waals surface area contributed by atoms with Gasteiger partial charge in [0.15, 0.2) is 0 Å². The minimum atomic E-state index is -1.18. The fourth-order valence-corrected chi connectivity index (χ4v) is 2.45. The Morgan fingerprint density at radius 3 is 2.52 bits per heavy atom. The summed E-state index contributed by atoms with van der Waals surface area (Å²) in [6.07, 6.45) is -0.187. The van der Waals surface area contributed by atoms with Crippen LogP contribution in [0.5, 0.6) is 0 Å². The Kier molecular flexibility index (Phi) is 6.51. The van der Waals surface area contributed by atoms with Gasteiger partial charge in [-0.25, -0.2) is 14.0 Å². The van der Waals surface area contributed by atoms with E-state index >= 15 is 0 Å². The summed E-state index contributed by atoms with van der Waals surface area (Å²) in [5, 5.41) is 11.7. The van der Waals surface area contributed by atoms with Gasteiger partial charge in [0.1, 0.15) is 18.5 Å². The summed E-state index contributed by atoms with van der Waals surface area (Å²) in [6.45, 7) is 1.91. The summed E-state index contributed by atoms with van der Waals surface area (Å²) < 4.78 is 18.3. The Labute approximate surface area is 145 Å². The zero-order chi connectivity index (χ0) is 18.2. The van der Waals surface area contributed by atoms with Crippen LogP contribution in [-0.2, 0) is 29.0 Å². The van der Waals surface area contributed by atoms with Crippen LogP contribution in [0.15, 0.2) is 48.5 Å². The van der Waals surface area contributed by atoms with Crippen molar-refractivity contribution < 1.29 is 23.8 Å². The molecule has 1 atom stereocenters. The molecule has 132 valence electrons. The summed E-state index contributed by atoms with van der Waals surface area (Å²) in [4.78, 5) is 23.3. The smallest absolute Gasteiger partial charge is 0.408 e. The third kappa shape index (κ3) is 5.60. The molecule has 0 saturated heterocycles. The zero-order valence-corrected chi connectivity index (χ0v) is 13.9. The van der Waals surface area contributed by atoms with Gasteiger partial charge in [0, 0.05) is 6.42 Å². The molecule has 0 radical (unpaired) electrons. The predicted octanol–water partition coefficient (Wildman–Crippen LogP) is 3.31. The monoisotopic (exact) mass is 345 g/mol. The van der Waals surface area contributed by atoms with Gasteiger partial charge >= 0.3 is 12.1 Å². The number of carboxylic acid groups (broad SMARTS) is 1. The Balaban J connectivity index is 1.98. The number of hydrogen-bond donors (Lipinski definition) is 2. The molecule has 0 spiro atoms. The molecule has 0 saturated carbocycles. The maximum atomic E-state index is 13.3. The number of carboxylic acids is 1. The molecule has 6 heteroatoms. The number of amides is 1. The van der Waals surface area contributed by atoms with E-state index in [0.717, 1.165) is 5.56 Å². The first kappa shape index (κ1) is 18.4. The van der Waals surface area contributed by atoms with E-state index in [9.17, 15) is 19.1 Å². The highest BCUT2D eigenvalue weighted by Gasteiger charge is 2.22. The Bertz CT molecular complexity index is 733. The van der Waals surface area contributed by atoms with Crippen molar-refractivity contribution in [2.24, 2.45) is 0 Å². The van der Waals surface area contributed by atoms with E-state index in [-0.39, 0.29) is 18.8 Å². The number of hydrogen-bond acceptors (Lipinski definition) is 3. The average molecular weight is 345 g/mol. The standard InChI is InChI=1S/C19H20FNO4/c1-2-14-10-16(20)9-8-15(14)11-17(18(22)23)21-19(24)25-12-13-6-4-3-5-7-13/h3-10,17H,2,11-12H2,1H3,(H,21,24)(H,22,23). The van der Waals surface area contributed by atoms with Crippen LogP contribution >= 0.6 is 0 Å². The van der Waals surface area contributed by atoms with Crippen LogP contribution in [0.3, 0.4) is 0 Å². The summed E-state index contributed by atoms with van der Waals surface area (Å²) in [7, 11) is 0. The lowest BCUT2D eigenvalue weighted by atomic mass is 9.98. The molecule has 2 aromatic rings. The topological polar surface area (TPSA) is 75.6 Å². The Morgan fingerprint density at radius 1 is 1.16 bits per heavy atom. The molecule has 0 aromatic heterocycles. The molecule has 0 aliphatic heterocycles. The van der Waals surface area contributed by atoms with Crippen LogP contribution in [0.25, 0.3) is 0 Å². The van der Waals surface area contributed by atoms with Crippen LogP contribution in [0, 0.1) is 5.82 Å². The number of nitrogens with one attached hydrogen (secondary N) is 1. The van der Waals surface area contributed by atoms with Crippen molar-refractivity contribution in [2.75, 3.05) is 0 Å². The Hall–Kier alpha value is -2.89. The molecule has 0 fully saturated rings. The number of alkyl carbamates (subject to hydrolysis) is 1. The SMILES string of the molecule is CCc1cc(F)ccc1CC(NC(=O)OCc1ccccc1)C(=O)O. The lowest BCUT2D eigenvalue weighted by Crippen LogP contribution is -2.42. The van der Waals surface area contributed by atoms with Crippen molar-refractivity contribution in [2.45, 2.75) is 32.4 Å². The number of carbonyl (C=O) groups is 2. The third-order valence-corrected chi connectivity index (χ3v) is 3.78. The van der Waals surface area contributed by atoms with E-state index in [4.69, 9.17) is 4.74 Å². The lowest BCUT2D eigenvalue weighted by Gasteiger charge is -2.16. The molecule has 0 aliphatic carbocycles. The van der Waals surface area contributed by atoms with Crippen LogP contribution in [0.1, 0.15) is 23.6 Å². The van der Waals surface area contributed by atoms with Gasteiger partial charge in [0.2, 0.25) is 0 Å². The van der Waals surface area contributed by atoms with Gasteiger partial charge in [-0.3, -0.25) is 0 Å². The van der Waals surface area contributed by atoms with Gasteiger partial charge in [0.25, 0.3) is 0 Å². The van der Waals surface area contributed by atoms with Gasteiger partial charge in [-0.05, 0) is 35.2 Å². The molecule has 2 N–H and O–H groups in total. The van der Waals surface area contributed by atoms with Gasteiger partial charge in [-0.1, -0.05) is 43.3 Å².